The monoisotopic (exact) mass is 347 g/mol. The number of methoxy groups -OCH3 is 1. The number of aryl methyl sites for hydroxylation is 1. The summed E-state index contributed by atoms with van der Waals surface area (Å²) in [6, 6.07) is 4.94. The number of benzene rings is 1. The molecule has 0 spiro atoms. The van der Waals surface area contributed by atoms with Crippen molar-refractivity contribution in [1.82, 2.24) is 10.4 Å². The van der Waals surface area contributed by atoms with Gasteiger partial charge in [-0.1, -0.05) is 0 Å². The minimum Gasteiger partial charge on any atom is -0.493 e. The van der Waals surface area contributed by atoms with Gasteiger partial charge in [-0.05, 0) is 30.7 Å². The smallest absolute Gasteiger partial charge is 0.308 e. The van der Waals surface area contributed by atoms with Crippen molar-refractivity contribution in [2.75, 3.05) is 7.11 Å². The standard InChI is InChI=1S/C16H17N3O4S/c1-10-18-13(9-24-10)7-16(21)19-17-8-12-4-5-14(23-11(2)20)15(6-12)22-3/h4-6,8-9H,7H2,1-3H3,(H,19,21)/b17-8-. The normalized spacial score (nSPS) is 10.6. The van der Waals surface area contributed by atoms with E-state index in [1.54, 1.807) is 18.2 Å². The van der Waals surface area contributed by atoms with Crippen LogP contribution in [-0.4, -0.2) is 30.2 Å². The summed E-state index contributed by atoms with van der Waals surface area (Å²) in [6.45, 7) is 3.20. The third kappa shape index (κ3) is 5.17. The van der Waals surface area contributed by atoms with Crippen LogP contribution < -0.4 is 14.9 Å². The first-order chi connectivity index (χ1) is 11.5. The van der Waals surface area contributed by atoms with E-state index in [1.165, 1.54) is 31.6 Å². The van der Waals surface area contributed by atoms with Gasteiger partial charge in [0, 0.05) is 12.3 Å². The third-order valence-electron chi connectivity index (χ3n) is 2.85. The average Bonchev–Trinajstić information content (AvgIpc) is 2.93. The molecule has 1 aromatic heterocycles. The second kappa shape index (κ2) is 8.21. The second-order valence-electron chi connectivity index (χ2n) is 4.83. The van der Waals surface area contributed by atoms with Crippen LogP contribution in [0, 0.1) is 6.92 Å². The summed E-state index contributed by atoms with van der Waals surface area (Å²) in [4.78, 5) is 27.0. The van der Waals surface area contributed by atoms with Crippen LogP contribution in [0.2, 0.25) is 0 Å². The van der Waals surface area contributed by atoms with Crippen LogP contribution in [0.3, 0.4) is 0 Å². The van der Waals surface area contributed by atoms with Gasteiger partial charge in [-0.2, -0.15) is 5.10 Å². The maximum absolute atomic E-state index is 11.8. The summed E-state index contributed by atoms with van der Waals surface area (Å²) in [7, 11) is 1.47. The van der Waals surface area contributed by atoms with Gasteiger partial charge in [0.1, 0.15) is 0 Å². The van der Waals surface area contributed by atoms with Crippen LogP contribution in [0.4, 0.5) is 0 Å². The molecule has 7 nitrogen and oxygen atoms in total. The number of hydrogen-bond acceptors (Lipinski definition) is 7. The summed E-state index contributed by atoms with van der Waals surface area (Å²) < 4.78 is 10.2. The van der Waals surface area contributed by atoms with Crippen molar-refractivity contribution in [1.29, 1.82) is 0 Å². The lowest BCUT2D eigenvalue weighted by Gasteiger charge is -2.08. The Hall–Kier alpha value is -2.74. The minimum atomic E-state index is -0.431. The Morgan fingerprint density at radius 1 is 1.38 bits per heavy atom. The number of amides is 1. The summed E-state index contributed by atoms with van der Waals surface area (Å²) in [5, 5.41) is 6.66. The van der Waals surface area contributed by atoms with Gasteiger partial charge in [0.25, 0.3) is 0 Å². The van der Waals surface area contributed by atoms with Crippen LogP contribution in [0.15, 0.2) is 28.7 Å². The molecule has 0 bridgehead atoms. The van der Waals surface area contributed by atoms with Crippen molar-refractivity contribution < 1.29 is 19.1 Å². The van der Waals surface area contributed by atoms with E-state index in [1.807, 2.05) is 12.3 Å². The van der Waals surface area contributed by atoms with E-state index in [4.69, 9.17) is 9.47 Å². The zero-order valence-electron chi connectivity index (χ0n) is 13.5. The molecule has 0 radical (unpaired) electrons. The van der Waals surface area contributed by atoms with Gasteiger partial charge < -0.3 is 9.47 Å². The van der Waals surface area contributed by atoms with Gasteiger partial charge in [-0.15, -0.1) is 11.3 Å². The minimum absolute atomic E-state index is 0.177. The fraction of sp³-hybridized carbons (Fsp3) is 0.250. The Morgan fingerprint density at radius 3 is 2.79 bits per heavy atom. The number of ether oxygens (including phenoxy) is 2. The highest BCUT2D eigenvalue weighted by molar-refractivity contribution is 7.09. The van der Waals surface area contributed by atoms with E-state index in [9.17, 15) is 9.59 Å². The maximum Gasteiger partial charge on any atom is 0.308 e. The number of carbonyl (C=O) groups is 2. The summed E-state index contributed by atoms with van der Waals surface area (Å²) in [6.07, 6.45) is 1.65. The number of aromatic nitrogens is 1. The van der Waals surface area contributed by atoms with E-state index in [-0.39, 0.29) is 12.3 Å². The third-order valence-corrected chi connectivity index (χ3v) is 3.67. The zero-order valence-corrected chi connectivity index (χ0v) is 14.3. The highest BCUT2D eigenvalue weighted by Crippen LogP contribution is 2.27. The van der Waals surface area contributed by atoms with Crippen LogP contribution in [0.1, 0.15) is 23.2 Å². The first-order valence-electron chi connectivity index (χ1n) is 7.07. The Bertz CT molecular complexity index is 770. The summed E-state index contributed by atoms with van der Waals surface area (Å²) in [5.74, 6) is 0.0443. The number of carbonyl (C=O) groups excluding carboxylic acids is 2. The van der Waals surface area contributed by atoms with Crippen molar-refractivity contribution in [3.63, 3.8) is 0 Å². The van der Waals surface area contributed by atoms with Gasteiger partial charge in [-0.25, -0.2) is 10.4 Å². The van der Waals surface area contributed by atoms with Crippen LogP contribution in [0.5, 0.6) is 11.5 Å². The Kier molecular flexibility index (Phi) is 6.02. The molecule has 1 N–H and O–H groups in total. The molecule has 0 saturated carbocycles. The number of nitrogens with one attached hydrogen (secondary N) is 1. The first-order valence-corrected chi connectivity index (χ1v) is 7.95. The molecule has 0 fully saturated rings. The van der Waals surface area contributed by atoms with E-state index in [2.05, 4.69) is 15.5 Å². The highest BCUT2D eigenvalue weighted by Gasteiger charge is 2.08. The molecule has 0 aliphatic heterocycles. The van der Waals surface area contributed by atoms with E-state index in [0.29, 0.717) is 17.1 Å². The van der Waals surface area contributed by atoms with E-state index in [0.717, 1.165) is 10.7 Å². The molecule has 2 rings (SSSR count). The molecule has 0 aliphatic carbocycles. The number of hydrogen-bond donors (Lipinski definition) is 1. The molecule has 0 saturated heterocycles. The van der Waals surface area contributed by atoms with Gasteiger partial charge in [0.15, 0.2) is 11.5 Å². The second-order valence-corrected chi connectivity index (χ2v) is 5.89. The van der Waals surface area contributed by atoms with Crippen molar-refractivity contribution in [3.05, 3.63) is 39.8 Å². The van der Waals surface area contributed by atoms with Crippen LogP contribution in [0.25, 0.3) is 0 Å². The Labute approximate surface area is 143 Å². The topological polar surface area (TPSA) is 89.9 Å². The molecule has 126 valence electrons. The highest BCUT2D eigenvalue weighted by atomic mass is 32.1. The summed E-state index contributed by atoms with van der Waals surface area (Å²) in [5.41, 5.74) is 3.85. The first kappa shape index (κ1) is 17.6. The quantitative estimate of drug-likeness (QED) is 0.374. The average molecular weight is 347 g/mol. The molecule has 2 aromatic rings. The van der Waals surface area contributed by atoms with E-state index >= 15 is 0 Å². The lowest BCUT2D eigenvalue weighted by atomic mass is 10.2. The Morgan fingerprint density at radius 2 is 2.17 bits per heavy atom. The number of nitrogens with zero attached hydrogens (tertiary/aromatic N) is 2. The van der Waals surface area contributed by atoms with Gasteiger partial charge in [0.05, 0.1) is 30.4 Å². The van der Waals surface area contributed by atoms with Crippen molar-refractivity contribution >= 4 is 29.4 Å². The fourth-order valence-electron chi connectivity index (χ4n) is 1.88. The summed E-state index contributed by atoms with van der Waals surface area (Å²) >= 11 is 1.50. The van der Waals surface area contributed by atoms with Crippen molar-refractivity contribution in [2.45, 2.75) is 20.3 Å². The molecular weight excluding hydrogens is 330 g/mol. The molecule has 8 heteroatoms. The number of hydrazone groups is 1. The molecule has 1 aromatic carbocycles. The largest absolute Gasteiger partial charge is 0.493 e. The van der Waals surface area contributed by atoms with Crippen LogP contribution >= 0.6 is 11.3 Å². The number of esters is 1. The SMILES string of the molecule is COc1cc(/C=N\NC(=O)Cc2csc(C)n2)ccc1OC(C)=O. The van der Waals surface area contributed by atoms with Gasteiger partial charge in [0.2, 0.25) is 5.91 Å². The number of rotatable bonds is 6. The molecule has 24 heavy (non-hydrogen) atoms. The van der Waals surface area contributed by atoms with E-state index < -0.39 is 5.97 Å². The zero-order chi connectivity index (χ0) is 17.5. The fourth-order valence-corrected chi connectivity index (χ4v) is 2.49. The Balaban J connectivity index is 1.95. The van der Waals surface area contributed by atoms with Crippen LogP contribution in [-0.2, 0) is 16.0 Å². The maximum atomic E-state index is 11.8. The molecule has 0 atom stereocenters. The van der Waals surface area contributed by atoms with Crippen molar-refractivity contribution in [3.8, 4) is 11.5 Å². The lowest BCUT2D eigenvalue weighted by Crippen LogP contribution is -2.19. The lowest BCUT2D eigenvalue weighted by molar-refractivity contribution is -0.132. The molecular formula is C16H17N3O4S. The number of thiazole rings is 1. The molecule has 1 amide bonds. The molecule has 0 unspecified atom stereocenters. The van der Waals surface area contributed by atoms with Gasteiger partial charge >= 0.3 is 5.97 Å². The predicted molar refractivity (Wildman–Crippen MR) is 90.6 cm³/mol. The molecule has 0 aliphatic rings. The van der Waals surface area contributed by atoms with Crippen molar-refractivity contribution in [2.24, 2.45) is 5.10 Å². The predicted octanol–water partition coefficient (Wildman–Crippen LogP) is 2.08. The molecule has 1 heterocycles. The van der Waals surface area contributed by atoms with Gasteiger partial charge in [-0.3, -0.25) is 9.59 Å².